The molecule has 0 radical (unpaired) electrons. The van der Waals surface area contributed by atoms with Crippen LogP contribution in [-0.2, 0) is 19.7 Å². The number of amides is 2. The van der Waals surface area contributed by atoms with Crippen molar-refractivity contribution in [2.75, 3.05) is 24.6 Å². The fraction of sp³-hybridized carbons (Fsp3) is 0.533. The predicted molar refractivity (Wildman–Crippen MR) is 138 cm³/mol. The number of piperidine rings is 1. The molecule has 2 aromatic carbocycles. The van der Waals surface area contributed by atoms with Crippen molar-refractivity contribution in [3.63, 3.8) is 0 Å². The maximum atomic E-state index is 14.0. The molecule has 0 aromatic heterocycles. The number of hydrogen-bond donors (Lipinski definition) is 0. The number of benzene rings is 2. The number of nitrogens with zero attached hydrogens (tertiary/aromatic N) is 2. The van der Waals surface area contributed by atoms with Crippen LogP contribution in [0.15, 0.2) is 54.6 Å². The van der Waals surface area contributed by atoms with Gasteiger partial charge in [0.15, 0.2) is 0 Å². The number of carbonyl (C=O) groups excluding carboxylic acids is 2. The van der Waals surface area contributed by atoms with Gasteiger partial charge in [-0.25, -0.2) is 0 Å². The van der Waals surface area contributed by atoms with Gasteiger partial charge < -0.3 is 14.5 Å². The number of aryl methyl sites for hydroxylation is 1. The Bertz CT molecular complexity index is 1040. The first-order valence-corrected chi connectivity index (χ1v) is 13.3. The van der Waals surface area contributed by atoms with Crippen molar-refractivity contribution in [2.45, 2.75) is 82.3 Å². The molecule has 0 unspecified atom stereocenters. The van der Waals surface area contributed by atoms with Crippen molar-refractivity contribution in [3.05, 3.63) is 65.7 Å². The minimum atomic E-state index is -0.381. The normalized spacial score (nSPS) is 23.3. The highest BCUT2D eigenvalue weighted by molar-refractivity contribution is 5.92. The lowest BCUT2D eigenvalue weighted by molar-refractivity contribution is -0.143. The average molecular weight is 475 g/mol. The lowest BCUT2D eigenvalue weighted by Crippen LogP contribution is -2.53. The highest BCUT2D eigenvalue weighted by Crippen LogP contribution is 2.44. The van der Waals surface area contributed by atoms with Crippen LogP contribution < -0.4 is 4.90 Å². The predicted octanol–water partition coefficient (Wildman–Crippen LogP) is 5.40. The second-order valence-corrected chi connectivity index (χ2v) is 10.9. The van der Waals surface area contributed by atoms with Crippen molar-refractivity contribution in [1.29, 1.82) is 0 Å². The third-order valence-electron chi connectivity index (χ3n) is 8.61. The fourth-order valence-corrected chi connectivity index (χ4v) is 6.65. The van der Waals surface area contributed by atoms with Crippen LogP contribution in [0.5, 0.6) is 0 Å². The Labute approximate surface area is 209 Å². The van der Waals surface area contributed by atoms with Crippen LogP contribution in [0.1, 0.15) is 69.4 Å². The number of hydrogen-bond acceptors (Lipinski definition) is 3. The molecule has 186 valence electrons. The van der Waals surface area contributed by atoms with E-state index in [9.17, 15) is 9.59 Å². The van der Waals surface area contributed by atoms with E-state index in [0.29, 0.717) is 12.5 Å². The fourth-order valence-electron chi connectivity index (χ4n) is 6.65. The molecule has 5 nitrogen and oxygen atoms in total. The van der Waals surface area contributed by atoms with E-state index in [1.807, 2.05) is 35.2 Å². The van der Waals surface area contributed by atoms with Gasteiger partial charge in [0, 0.05) is 25.7 Å². The number of rotatable bonds is 4. The first-order chi connectivity index (χ1) is 16.9. The van der Waals surface area contributed by atoms with Crippen LogP contribution in [0, 0.1) is 6.92 Å². The second-order valence-electron chi connectivity index (χ2n) is 10.9. The van der Waals surface area contributed by atoms with Gasteiger partial charge >= 0.3 is 0 Å². The highest BCUT2D eigenvalue weighted by atomic mass is 16.5. The second kappa shape index (κ2) is 9.77. The largest absolute Gasteiger partial charge is 0.373 e. The number of anilines is 1. The van der Waals surface area contributed by atoms with Gasteiger partial charge in [-0.3, -0.25) is 9.59 Å². The third kappa shape index (κ3) is 4.63. The van der Waals surface area contributed by atoms with Crippen molar-refractivity contribution < 1.29 is 14.3 Å². The molecule has 1 spiro atoms. The van der Waals surface area contributed by atoms with Gasteiger partial charge in [-0.05, 0) is 56.7 Å². The van der Waals surface area contributed by atoms with E-state index in [-0.39, 0.29) is 23.0 Å². The van der Waals surface area contributed by atoms with Gasteiger partial charge in [0.1, 0.15) is 0 Å². The van der Waals surface area contributed by atoms with Crippen LogP contribution >= 0.6 is 0 Å². The van der Waals surface area contributed by atoms with Crippen LogP contribution in [-0.4, -0.2) is 48.1 Å². The molecule has 3 aliphatic rings. The maximum absolute atomic E-state index is 14.0. The molecule has 5 rings (SSSR count). The van der Waals surface area contributed by atoms with E-state index in [0.717, 1.165) is 63.7 Å². The first kappa shape index (κ1) is 24.1. The van der Waals surface area contributed by atoms with Crippen molar-refractivity contribution >= 4 is 17.5 Å². The van der Waals surface area contributed by atoms with Crippen LogP contribution in [0.25, 0.3) is 0 Å². The number of carbonyl (C=O) groups is 2. The molecule has 1 atom stereocenters. The summed E-state index contributed by atoms with van der Waals surface area (Å²) in [5.74, 6) is 0.354. The summed E-state index contributed by atoms with van der Waals surface area (Å²) in [5, 5.41) is 0. The van der Waals surface area contributed by atoms with Gasteiger partial charge in [-0.1, -0.05) is 67.3 Å². The van der Waals surface area contributed by atoms with Gasteiger partial charge in [-0.15, -0.1) is 0 Å². The zero-order valence-electron chi connectivity index (χ0n) is 21.2. The Morgan fingerprint density at radius 3 is 2.20 bits per heavy atom. The lowest BCUT2D eigenvalue weighted by Gasteiger charge is -2.45. The summed E-state index contributed by atoms with van der Waals surface area (Å²) >= 11 is 0. The minimum Gasteiger partial charge on any atom is -0.373 e. The molecule has 5 heteroatoms. The van der Waals surface area contributed by atoms with E-state index in [1.165, 1.54) is 17.5 Å². The Hall–Kier alpha value is -2.66. The Morgan fingerprint density at radius 1 is 0.914 bits per heavy atom. The summed E-state index contributed by atoms with van der Waals surface area (Å²) in [6.45, 7) is 5.74. The number of likely N-dealkylation sites (tertiary alicyclic amines) is 1. The minimum absolute atomic E-state index is 0.0365. The summed E-state index contributed by atoms with van der Waals surface area (Å²) < 4.78 is 6.41. The van der Waals surface area contributed by atoms with Gasteiger partial charge in [0.2, 0.25) is 11.8 Å². The van der Waals surface area contributed by atoms with Crippen LogP contribution in [0.3, 0.4) is 0 Å². The number of ether oxygens (including phenoxy) is 1. The highest BCUT2D eigenvalue weighted by Gasteiger charge is 2.49. The summed E-state index contributed by atoms with van der Waals surface area (Å²) in [6, 6.07) is 18.6. The Kier molecular flexibility index (Phi) is 6.71. The van der Waals surface area contributed by atoms with Crippen molar-refractivity contribution in [1.82, 2.24) is 4.90 Å². The van der Waals surface area contributed by atoms with Crippen molar-refractivity contribution in [3.8, 4) is 0 Å². The molecular weight excluding hydrogens is 436 g/mol. The summed E-state index contributed by atoms with van der Waals surface area (Å²) in [5.41, 5.74) is 2.72. The molecule has 2 amide bonds. The average Bonchev–Trinajstić information content (AvgIpc) is 3.28. The summed E-state index contributed by atoms with van der Waals surface area (Å²) in [6.07, 6.45) is 7.82. The molecule has 35 heavy (non-hydrogen) atoms. The maximum Gasteiger partial charge on any atom is 0.233 e. The zero-order valence-corrected chi connectivity index (χ0v) is 21.2. The van der Waals surface area contributed by atoms with E-state index in [2.05, 4.69) is 36.1 Å². The first-order valence-electron chi connectivity index (χ1n) is 13.3. The van der Waals surface area contributed by atoms with Crippen molar-refractivity contribution in [2.24, 2.45) is 0 Å². The molecule has 3 fully saturated rings. The molecule has 0 N–H and O–H groups in total. The standard InChI is InChI=1S/C30H38N2O3/c1-23-11-13-25(14-12-23)30(15-7-4-8-16-30)28(34)31-19-17-29(18-20-31)21-27(22-35-29)32(24(2)33)26-9-5-3-6-10-26/h3,5-6,9-14,27H,4,7-8,15-22H2,1-2H3/t27-/m1/s1. The quantitative estimate of drug-likeness (QED) is 0.596. The number of para-hydroxylation sites is 1. The molecular formula is C30H38N2O3. The summed E-state index contributed by atoms with van der Waals surface area (Å²) in [7, 11) is 0. The monoisotopic (exact) mass is 474 g/mol. The van der Waals surface area contributed by atoms with Crippen LogP contribution in [0.2, 0.25) is 0 Å². The van der Waals surface area contributed by atoms with Crippen LogP contribution in [0.4, 0.5) is 5.69 Å². The summed E-state index contributed by atoms with van der Waals surface area (Å²) in [4.78, 5) is 30.6. The zero-order chi connectivity index (χ0) is 24.5. The SMILES string of the molecule is CC(=O)N(c1ccccc1)[C@H]1COC2(CCN(C(=O)C3(c4ccc(C)cc4)CCCCC3)CC2)C1. The van der Waals surface area contributed by atoms with E-state index in [1.54, 1.807) is 6.92 Å². The van der Waals surface area contributed by atoms with E-state index < -0.39 is 0 Å². The molecule has 2 aromatic rings. The molecule has 1 saturated carbocycles. The molecule has 2 aliphatic heterocycles. The molecule has 2 saturated heterocycles. The third-order valence-corrected chi connectivity index (χ3v) is 8.61. The Balaban J connectivity index is 1.28. The van der Waals surface area contributed by atoms with Gasteiger partial charge in [0.25, 0.3) is 0 Å². The molecule has 0 bridgehead atoms. The van der Waals surface area contributed by atoms with E-state index >= 15 is 0 Å². The lowest BCUT2D eigenvalue weighted by atomic mass is 9.68. The topological polar surface area (TPSA) is 49.9 Å². The molecule has 2 heterocycles. The van der Waals surface area contributed by atoms with Gasteiger partial charge in [0.05, 0.1) is 23.7 Å². The van der Waals surface area contributed by atoms with Gasteiger partial charge in [-0.2, -0.15) is 0 Å². The smallest absolute Gasteiger partial charge is 0.233 e. The molecule has 1 aliphatic carbocycles. The van der Waals surface area contributed by atoms with E-state index in [4.69, 9.17) is 4.74 Å². The Morgan fingerprint density at radius 2 is 1.57 bits per heavy atom.